The van der Waals surface area contributed by atoms with Gasteiger partial charge >= 0.3 is 6.09 Å². The van der Waals surface area contributed by atoms with E-state index in [-0.39, 0.29) is 29.8 Å². The van der Waals surface area contributed by atoms with Gasteiger partial charge in [0.15, 0.2) is 0 Å². The van der Waals surface area contributed by atoms with E-state index in [0.29, 0.717) is 31.1 Å². The van der Waals surface area contributed by atoms with E-state index in [1.165, 1.54) is 17.0 Å². The van der Waals surface area contributed by atoms with Crippen LogP contribution >= 0.6 is 0 Å². The molecule has 7 nitrogen and oxygen atoms in total. The lowest BCUT2D eigenvalue weighted by Gasteiger charge is -2.28. The molecule has 1 aliphatic carbocycles. The Morgan fingerprint density at radius 1 is 1.30 bits per heavy atom. The van der Waals surface area contributed by atoms with Crippen LogP contribution in [0.4, 0.5) is 9.18 Å². The van der Waals surface area contributed by atoms with Crippen molar-refractivity contribution in [2.75, 3.05) is 13.1 Å². The summed E-state index contributed by atoms with van der Waals surface area (Å²) < 4.78 is 35.2. The summed E-state index contributed by atoms with van der Waals surface area (Å²) in [6.45, 7) is 8.71. The van der Waals surface area contributed by atoms with Crippen LogP contribution in [0.5, 0.6) is 5.88 Å². The lowest BCUT2D eigenvalue weighted by atomic mass is 10.0. The second kappa shape index (κ2) is 9.12. The number of piperidine rings is 1. The molecule has 1 aromatic heterocycles. The zero-order valence-electron chi connectivity index (χ0n) is 19.2. The molecule has 1 saturated heterocycles. The molecule has 33 heavy (non-hydrogen) atoms. The number of rotatable bonds is 7. The topological polar surface area (TPSA) is 97.8 Å². The largest absolute Gasteiger partial charge is 0.598 e. The number of hydrogen-bond acceptors (Lipinski definition) is 5. The van der Waals surface area contributed by atoms with Gasteiger partial charge in [-0.3, -0.25) is 0 Å². The van der Waals surface area contributed by atoms with Crippen LogP contribution in [0.15, 0.2) is 36.4 Å². The molecular weight excluding hydrogens is 445 g/mol. The van der Waals surface area contributed by atoms with Crippen molar-refractivity contribution in [3.8, 4) is 17.1 Å². The molecule has 1 saturated carbocycles. The Morgan fingerprint density at radius 3 is 2.48 bits per heavy atom. The first-order valence-electron chi connectivity index (χ1n) is 11.2. The number of carbonyl (C=O) groups is 1. The van der Waals surface area contributed by atoms with Crippen LogP contribution in [0, 0.1) is 17.7 Å². The van der Waals surface area contributed by atoms with Crippen molar-refractivity contribution in [1.82, 2.24) is 14.6 Å². The summed E-state index contributed by atoms with van der Waals surface area (Å²) in [7, 11) is 0. The number of halogens is 1. The highest BCUT2D eigenvalue weighted by Gasteiger charge is 2.59. The van der Waals surface area contributed by atoms with Crippen LogP contribution in [-0.2, 0) is 11.4 Å². The van der Waals surface area contributed by atoms with Gasteiger partial charge in [0.25, 0.3) is 0 Å². The number of pyridine rings is 1. The molecule has 1 aliphatic heterocycles. The number of amides is 1. The highest BCUT2D eigenvalue weighted by molar-refractivity contribution is 7.90. The van der Waals surface area contributed by atoms with Gasteiger partial charge in [0.05, 0.1) is 11.7 Å². The summed E-state index contributed by atoms with van der Waals surface area (Å²) in [5, 5.41) is 9.18. The average molecular weight is 476 g/mol. The lowest BCUT2D eigenvalue weighted by Crippen LogP contribution is -2.41. The van der Waals surface area contributed by atoms with E-state index in [2.05, 4.69) is 9.71 Å². The third kappa shape index (κ3) is 5.26. The maximum Gasteiger partial charge on any atom is 0.407 e. The molecular formula is C24H30FN3O4S. The third-order valence-corrected chi connectivity index (χ3v) is 7.83. The molecule has 9 heteroatoms. The van der Waals surface area contributed by atoms with Gasteiger partial charge in [-0.1, -0.05) is 6.92 Å². The third-order valence-electron chi connectivity index (χ3n) is 6.22. The SMILES string of the molecule is CCC(N[S+]([O-])C(C)(C)C)c1cc(OC2[C@H]3CN(C(=O)O)C[C@@H]23)nc(-c2ccc(F)cc2)c1. The summed E-state index contributed by atoms with van der Waals surface area (Å²) >= 11 is -1.26. The summed E-state index contributed by atoms with van der Waals surface area (Å²) in [5.74, 6) is 0.465. The molecule has 2 aliphatic rings. The summed E-state index contributed by atoms with van der Waals surface area (Å²) in [6, 6.07) is 9.71. The van der Waals surface area contributed by atoms with Gasteiger partial charge in [0, 0.05) is 47.9 Å². The van der Waals surface area contributed by atoms with Crippen LogP contribution in [0.25, 0.3) is 11.3 Å². The van der Waals surface area contributed by atoms with Crippen molar-refractivity contribution < 1.29 is 23.6 Å². The zero-order valence-corrected chi connectivity index (χ0v) is 20.1. The van der Waals surface area contributed by atoms with Gasteiger partial charge in [0.1, 0.15) is 16.7 Å². The van der Waals surface area contributed by atoms with Crippen molar-refractivity contribution in [2.24, 2.45) is 11.8 Å². The first-order valence-corrected chi connectivity index (χ1v) is 12.3. The van der Waals surface area contributed by atoms with Crippen molar-refractivity contribution in [3.63, 3.8) is 0 Å². The molecule has 5 atom stereocenters. The van der Waals surface area contributed by atoms with Crippen molar-refractivity contribution >= 4 is 17.5 Å². The Morgan fingerprint density at radius 2 is 1.94 bits per heavy atom. The van der Waals surface area contributed by atoms with Gasteiger partial charge in [-0.15, -0.1) is 4.72 Å². The molecule has 3 unspecified atom stereocenters. The fraction of sp³-hybridized carbons (Fsp3) is 0.500. The first kappa shape index (κ1) is 23.8. The Bertz CT molecular complexity index is 1000. The molecule has 1 aromatic carbocycles. The molecule has 0 radical (unpaired) electrons. The second-order valence-electron chi connectivity index (χ2n) is 9.69. The minimum atomic E-state index is -1.26. The summed E-state index contributed by atoms with van der Waals surface area (Å²) in [4.78, 5) is 17.3. The second-order valence-corrected chi connectivity index (χ2v) is 11.7. The number of carboxylic acid groups (broad SMARTS) is 1. The molecule has 2 N–H and O–H groups in total. The average Bonchev–Trinajstić information content (AvgIpc) is 3.18. The maximum absolute atomic E-state index is 13.5. The van der Waals surface area contributed by atoms with Crippen LogP contribution in [0.3, 0.4) is 0 Å². The van der Waals surface area contributed by atoms with E-state index in [1.807, 2.05) is 39.8 Å². The van der Waals surface area contributed by atoms with Crippen LogP contribution in [0.1, 0.15) is 45.7 Å². The van der Waals surface area contributed by atoms with Gasteiger partial charge in [-0.2, -0.15) is 0 Å². The molecule has 4 rings (SSSR count). The fourth-order valence-corrected chi connectivity index (χ4v) is 5.11. The number of likely N-dealkylation sites (tertiary alicyclic amines) is 1. The van der Waals surface area contributed by atoms with Crippen LogP contribution < -0.4 is 9.46 Å². The van der Waals surface area contributed by atoms with Gasteiger partial charge < -0.3 is 19.3 Å². The summed E-state index contributed by atoms with van der Waals surface area (Å²) in [6.07, 6.45) is -0.263. The molecule has 178 valence electrons. The van der Waals surface area contributed by atoms with Crippen molar-refractivity contribution in [3.05, 3.63) is 47.8 Å². The molecule has 0 bridgehead atoms. The highest BCUT2D eigenvalue weighted by Crippen LogP contribution is 2.48. The minimum absolute atomic E-state index is 0.0684. The van der Waals surface area contributed by atoms with Gasteiger partial charge in [-0.05, 0) is 63.1 Å². The Hall–Kier alpha value is -2.36. The van der Waals surface area contributed by atoms with E-state index in [4.69, 9.17) is 4.74 Å². The number of ether oxygens (including phenoxy) is 1. The summed E-state index contributed by atoms with van der Waals surface area (Å²) in [5.41, 5.74) is 2.28. The smallest absolute Gasteiger partial charge is 0.407 e. The number of benzene rings is 1. The quantitative estimate of drug-likeness (QED) is 0.577. The molecule has 1 amide bonds. The number of nitrogens with zero attached hydrogens (tertiary/aromatic N) is 2. The Balaban J connectivity index is 1.60. The highest BCUT2D eigenvalue weighted by atomic mass is 32.2. The number of fused-ring (bicyclic) bond motifs is 1. The molecule has 2 fully saturated rings. The maximum atomic E-state index is 13.5. The Kier molecular flexibility index (Phi) is 6.57. The predicted molar refractivity (Wildman–Crippen MR) is 125 cm³/mol. The minimum Gasteiger partial charge on any atom is -0.598 e. The lowest BCUT2D eigenvalue weighted by molar-refractivity contribution is 0.139. The molecule has 2 aromatic rings. The van der Waals surface area contributed by atoms with Crippen molar-refractivity contribution in [1.29, 1.82) is 0 Å². The normalized spacial score (nSPS) is 23.7. The number of hydrogen-bond donors (Lipinski definition) is 2. The van der Waals surface area contributed by atoms with E-state index in [9.17, 15) is 18.8 Å². The van der Waals surface area contributed by atoms with E-state index in [0.717, 1.165) is 11.1 Å². The number of nitrogens with one attached hydrogen (secondary N) is 1. The van der Waals surface area contributed by atoms with E-state index in [1.54, 1.807) is 12.1 Å². The predicted octanol–water partition coefficient (Wildman–Crippen LogP) is 4.38. The Labute approximate surface area is 196 Å². The van der Waals surface area contributed by atoms with E-state index >= 15 is 0 Å². The fourth-order valence-electron chi connectivity index (χ4n) is 4.19. The van der Waals surface area contributed by atoms with Gasteiger partial charge in [-0.25, -0.2) is 14.2 Å². The number of aromatic nitrogens is 1. The van der Waals surface area contributed by atoms with E-state index < -0.39 is 22.2 Å². The van der Waals surface area contributed by atoms with Crippen LogP contribution in [0.2, 0.25) is 0 Å². The molecule has 2 heterocycles. The van der Waals surface area contributed by atoms with Crippen molar-refractivity contribution in [2.45, 2.75) is 51.0 Å². The van der Waals surface area contributed by atoms with Crippen LogP contribution in [-0.4, -0.2) is 49.6 Å². The standard InChI is InChI=1S/C24H30FN3O4S/c1-5-19(27-33(31)24(2,3)4)15-10-20(14-6-8-16(25)9-7-14)26-21(11-15)32-22-17-12-28(23(29)30)13-18(17)22/h6-11,17-19,22,27H,5,12-13H2,1-4H3,(H,29,30)/t17-,18+,19?,22?,33?. The van der Waals surface area contributed by atoms with Gasteiger partial charge in [0.2, 0.25) is 5.88 Å². The monoisotopic (exact) mass is 475 g/mol. The first-order chi connectivity index (χ1) is 15.6. The molecule has 0 spiro atoms. The zero-order chi connectivity index (χ0) is 23.9.